The summed E-state index contributed by atoms with van der Waals surface area (Å²) in [5.74, 6) is 0. The molecule has 1 unspecified atom stereocenters. The van der Waals surface area contributed by atoms with E-state index in [2.05, 4.69) is 10.1 Å². The van der Waals surface area contributed by atoms with Gasteiger partial charge in [0.05, 0.1) is 23.1 Å². The predicted molar refractivity (Wildman–Crippen MR) is 99.0 cm³/mol. The van der Waals surface area contributed by atoms with Crippen LogP contribution in [0.25, 0.3) is 16.6 Å². The second-order valence-electron chi connectivity index (χ2n) is 6.32. The predicted octanol–water partition coefficient (Wildman–Crippen LogP) is 3.93. The van der Waals surface area contributed by atoms with E-state index in [1.165, 1.54) is 0 Å². The fourth-order valence-electron chi connectivity index (χ4n) is 3.13. The molecular weight excluding hydrogens is 329 g/mol. The topological polar surface area (TPSA) is 50.9 Å². The van der Waals surface area contributed by atoms with Gasteiger partial charge in [0.2, 0.25) is 0 Å². The average Bonchev–Trinajstić information content (AvgIpc) is 3.11. The molecule has 0 saturated heterocycles. The number of pyridine rings is 1. The molecule has 4 aromatic rings. The fraction of sp³-hybridized carbons (Fsp3) is 0.143. The number of fused-ring (bicyclic) bond motifs is 1. The van der Waals surface area contributed by atoms with E-state index >= 15 is 0 Å². The van der Waals surface area contributed by atoms with Crippen LogP contribution in [0.1, 0.15) is 17.0 Å². The lowest BCUT2D eigenvalue weighted by Crippen LogP contribution is -2.31. The van der Waals surface area contributed by atoms with Gasteiger partial charge in [-0.2, -0.15) is 5.10 Å². The van der Waals surface area contributed by atoms with Crippen LogP contribution in [0.4, 0.5) is 4.39 Å². The Balaban J connectivity index is 1.82. The van der Waals surface area contributed by atoms with E-state index in [1.807, 2.05) is 54.1 Å². The normalized spacial score (nSPS) is 13.7. The summed E-state index contributed by atoms with van der Waals surface area (Å²) in [4.78, 5) is 4.31. The highest BCUT2D eigenvalue weighted by Gasteiger charge is 2.33. The van der Waals surface area contributed by atoms with E-state index in [-0.39, 0.29) is 0 Å². The third-order valence-electron chi connectivity index (χ3n) is 4.55. The molecule has 2 aromatic heterocycles. The number of rotatable bonds is 4. The molecule has 0 aliphatic heterocycles. The van der Waals surface area contributed by atoms with Gasteiger partial charge in [-0.1, -0.05) is 30.3 Å². The summed E-state index contributed by atoms with van der Waals surface area (Å²) in [6, 6.07) is 20.3. The van der Waals surface area contributed by atoms with Gasteiger partial charge >= 0.3 is 0 Å². The van der Waals surface area contributed by atoms with E-state index in [1.54, 1.807) is 30.5 Å². The standard InChI is InChI=1S/C21H18FN3O/c1-15-6-5-9-20(24-15)21(26,14-22)17-10-11-19-16(12-17)13-23-25(19)18-7-3-2-4-8-18/h2-13,26H,14H2,1H3. The summed E-state index contributed by atoms with van der Waals surface area (Å²) in [6.45, 7) is 0.858. The van der Waals surface area contributed by atoms with Gasteiger partial charge in [-0.15, -0.1) is 0 Å². The van der Waals surface area contributed by atoms with E-state index in [4.69, 9.17) is 0 Å². The Morgan fingerprint density at radius 1 is 1.04 bits per heavy atom. The van der Waals surface area contributed by atoms with Crippen molar-refractivity contribution in [3.05, 3.63) is 89.9 Å². The first kappa shape index (κ1) is 16.4. The molecule has 26 heavy (non-hydrogen) atoms. The maximum atomic E-state index is 13.9. The van der Waals surface area contributed by atoms with Gasteiger partial charge in [0, 0.05) is 11.1 Å². The summed E-state index contributed by atoms with van der Waals surface area (Å²) in [6.07, 6.45) is 1.72. The number of halogens is 1. The average molecular weight is 347 g/mol. The van der Waals surface area contributed by atoms with Crippen LogP contribution in [-0.2, 0) is 5.60 Å². The molecule has 2 aromatic carbocycles. The molecular formula is C21H18FN3O. The zero-order chi connectivity index (χ0) is 18.1. The Kier molecular flexibility index (Phi) is 4.01. The molecule has 2 heterocycles. The van der Waals surface area contributed by atoms with E-state index in [9.17, 15) is 9.50 Å². The second kappa shape index (κ2) is 6.35. The van der Waals surface area contributed by atoms with Crippen LogP contribution in [-0.4, -0.2) is 26.5 Å². The number of aliphatic hydroxyl groups is 1. The van der Waals surface area contributed by atoms with Gasteiger partial charge in [-0.05, 0) is 48.9 Å². The van der Waals surface area contributed by atoms with Crippen molar-refractivity contribution in [3.8, 4) is 5.69 Å². The Bertz CT molecular complexity index is 1060. The third kappa shape index (κ3) is 2.66. The Labute approximate surface area is 150 Å². The molecule has 0 amide bonds. The van der Waals surface area contributed by atoms with Crippen molar-refractivity contribution in [2.75, 3.05) is 6.67 Å². The third-order valence-corrected chi connectivity index (χ3v) is 4.55. The molecule has 4 nitrogen and oxygen atoms in total. The lowest BCUT2D eigenvalue weighted by Gasteiger charge is -2.25. The van der Waals surface area contributed by atoms with E-state index in [0.29, 0.717) is 11.3 Å². The van der Waals surface area contributed by atoms with Crippen molar-refractivity contribution in [1.29, 1.82) is 0 Å². The smallest absolute Gasteiger partial charge is 0.160 e. The summed E-state index contributed by atoms with van der Waals surface area (Å²) in [7, 11) is 0. The number of para-hydroxylation sites is 1. The van der Waals surface area contributed by atoms with Gasteiger partial charge in [0.1, 0.15) is 6.67 Å². The highest BCUT2D eigenvalue weighted by molar-refractivity contribution is 5.81. The maximum Gasteiger partial charge on any atom is 0.160 e. The van der Waals surface area contributed by atoms with E-state index < -0.39 is 12.3 Å². The van der Waals surface area contributed by atoms with Crippen LogP contribution in [0, 0.1) is 6.92 Å². The minimum absolute atomic E-state index is 0.301. The van der Waals surface area contributed by atoms with Crippen molar-refractivity contribution >= 4 is 10.9 Å². The van der Waals surface area contributed by atoms with Crippen LogP contribution in [0.3, 0.4) is 0 Å². The maximum absolute atomic E-state index is 13.9. The number of benzene rings is 2. The monoisotopic (exact) mass is 347 g/mol. The molecule has 0 aliphatic carbocycles. The van der Waals surface area contributed by atoms with Crippen molar-refractivity contribution in [3.63, 3.8) is 0 Å². The minimum Gasteiger partial charge on any atom is -0.376 e. The SMILES string of the molecule is Cc1cccc(C(O)(CF)c2ccc3c(cnn3-c3ccccc3)c2)n1. The number of alkyl halides is 1. The summed E-state index contributed by atoms with van der Waals surface area (Å²) in [5, 5.41) is 16.3. The Morgan fingerprint density at radius 3 is 2.58 bits per heavy atom. The molecule has 0 radical (unpaired) electrons. The molecule has 0 saturated carbocycles. The van der Waals surface area contributed by atoms with Crippen LogP contribution in [0.15, 0.2) is 72.9 Å². The Hall–Kier alpha value is -3.05. The first-order valence-electron chi connectivity index (χ1n) is 8.38. The molecule has 0 bridgehead atoms. The minimum atomic E-state index is -1.78. The number of hydrogen-bond acceptors (Lipinski definition) is 3. The molecule has 5 heteroatoms. The summed E-state index contributed by atoms with van der Waals surface area (Å²) < 4.78 is 15.7. The first-order valence-corrected chi connectivity index (χ1v) is 8.38. The number of aryl methyl sites for hydroxylation is 1. The van der Waals surface area contributed by atoms with Crippen LogP contribution >= 0.6 is 0 Å². The van der Waals surface area contributed by atoms with Gasteiger partial charge < -0.3 is 5.11 Å². The molecule has 0 spiro atoms. The van der Waals surface area contributed by atoms with Gasteiger partial charge in [0.15, 0.2) is 5.60 Å². The van der Waals surface area contributed by atoms with Crippen molar-refractivity contribution in [1.82, 2.24) is 14.8 Å². The first-order chi connectivity index (χ1) is 12.6. The highest BCUT2D eigenvalue weighted by Crippen LogP contribution is 2.31. The zero-order valence-corrected chi connectivity index (χ0v) is 14.3. The number of aromatic nitrogens is 3. The van der Waals surface area contributed by atoms with Crippen molar-refractivity contribution in [2.45, 2.75) is 12.5 Å². The van der Waals surface area contributed by atoms with Crippen LogP contribution in [0.5, 0.6) is 0 Å². The van der Waals surface area contributed by atoms with Gasteiger partial charge in [-0.25, -0.2) is 9.07 Å². The van der Waals surface area contributed by atoms with Crippen molar-refractivity contribution in [2.24, 2.45) is 0 Å². The number of hydrogen-bond donors (Lipinski definition) is 1. The quantitative estimate of drug-likeness (QED) is 0.608. The number of nitrogens with zero attached hydrogens (tertiary/aromatic N) is 3. The van der Waals surface area contributed by atoms with Crippen molar-refractivity contribution < 1.29 is 9.50 Å². The molecule has 0 aliphatic rings. The molecule has 130 valence electrons. The second-order valence-corrected chi connectivity index (χ2v) is 6.32. The zero-order valence-electron chi connectivity index (χ0n) is 14.3. The lowest BCUT2D eigenvalue weighted by molar-refractivity contribution is 0.0476. The van der Waals surface area contributed by atoms with Crippen LogP contribution in [0.2, 0.25) is 0 Å². The molecule has 1 N–H and O–H groups in total. The largest absolute Gasteiger partial charge is 0.376 e. The lowest BCUT2D eigenvalue weighted by atomic mass is 9.90. The highest BCUT2D eigenvalue weighted by atomic mass is 19.1. The Morgan fingerprint density at radius 2 is 1.85 bits per heavy atom. The molecule has 0 fully saturated rings. The molecule has 1 atom stereocenters. The fourth-order valence-corrected chi connectivity index (χ4v) is 3.13. The van der Waals surface area contributed by atoms with Crippen LogP contribution < -0.4 is 0 Å². The van der Waals surface area contributed by atoms with E-state index in [0.717, 1.165) is 22.3 Å². The van der Waals surface area contributed by atoms with Gasteiger partial charge in [0.25, 0.3) is 0 Å². The van der Waals surface area contributed by atoms with Gasteiger partial charge in [-0.3, -0.25) is 4.98 Å². The summed E-state index contributed by atoms with van der Waals surface area (Å²) in [5.41, 5.74) is 1.53. The summed E-state index contributed by atoms with van der Waals surface area (Å²) >= 11 is 0. The molecule has 4 rings (SSSR count).